The van der Waals surface area contributed by atoms with Crippen LogP contribution in [0.4, 0.5) is 0 Å². The van der Waals surface area contributed by atoms with Crippen molar-refractivity contribution in [2.24, 2.45) is 5.92 Å². The Morgan fingerprint density at radius 2 is 2.08 bits per heavy atom. The summed E-state index contributed by atoms with van der Waals surface area (Å²) in [4.78, 5) is 11.8. The molecule has 0 N–H and O–H groups in total. The van der Waals surface area contributed by atoms with E-state index in [9.17, 15) is 4.79 Å². The van der Waals surface area contributed by atoms with E-state index in [-0.39, 0.29) is 11.4 Å². The monoisotopic (exact) mass is 328 g/mol. The van der Waals surface area contributed by atoms with Crippen molar-refractivity contribution in [1.82, 2.24) is 0 Å². The van der Waals surface area contributed by atoms with Crippen molar-refractivity contribution in [2.45, 2.75) is 56.7 Å². The second-order valence-electron chi connectivity index (χ2n) is 7.23. The minimum absolute atomic E-state index is 0.169. The van der Waals surface area contributed by atoms with Gasteiger partial charge in [-0.15, -0.1) is 0 Å². The van der Waals surface area contributed by atoms with Gasteiger partial charge in [-0.3, -0.25) is 0 Å². The molecular formula is C20H24O4. The lowest BCUT2D eigenvalue weighted by Crippen LogP contribution is -2.50. The van der Waals surface area contributed by atoms with Gasteiger partial charge < -0.3 is 14.2 Å². The molecule has 4 rings (SSSR count). The standard InChI is InChI=1S/C20H24O4/c1-3-19-8-9-20(23-10-11-24-20)13-16(19)6-4-14-12-15(18(21)22-2)5-7-17(14)19/h5,7,10-12,16H,3-4,6,8-9,13H2,1-2H3/t16-,19+/m1/s1. The molecule has 128 valence electrons. The third kappa shape index (κ3) is 2.15. The van der Waals surface area contributed by atoms with Gasteiger partial charge in [0.05, 0.1) is 12.7 Å². The van der Waals surface area contributed by atoms with Crippen LogP contribution in [-0.2, 0) is 26.0 Å². The maximum atomic E-state index is 11.8. The quantitative estimate of drug-likeness (QED) is 0.767. The maximum Gasteiger partial charge on any atom is 0.337 e. The number of hydrogen-bond acceptors (Lipinski definition) is 4. The minimum atomic E-state index is -0.438. The highest BCUT2D eigenvalue weighted by molar-refractivity contribution is 5.89. The van der Waals surface area contributed by atoms with Crippen LogP contribution in [0.25, 0.3) is 0 Å². The van der Waals surface area contributed by atoms with Gasteiger partial charge in [0.25, 0.3) is 0 Å². The average Bonchev–Trinajstić information content (AvgIpc) is 3.08. The Morgan fingerprint density at radius 3 is 2.79 bits per heavy atom. The van der Waals surface area contributed by atoms with Gasteiger partial charge in [0, 0.05) is 12.8 Å². The third-order valence-corrected chi connectivity index (χ3v) is 6.37. The molecule has 2 atom stereocenters. The normalized spacial score (nSPS) is 29.3. The zero-order valence-electron chi connectivity index (χ0n) is 14.3. The lowest BCUT2D eigenvalue weighted by molar-refractivity contribution is -0.188. The lowest BCUT2D eigenvalue weighted by Gasteiger charge is -2.52. The summed E-state index contributed by atoms with van der Waals surface area (Å²) < 4.78 is 16.5. The number of rotatable bonds is 2. The molecular weight excluding hydrogens is 304 g/mol. The highest BCUT2D eigenvalue weighted by Gasteiger charge is 2.53. The number of carbonyl (C=O) groups is 1. The first kappa shape index (κ1) is 15.6. The Morgan fingerprint density at radius 1 is 1.29 bits per heavy atom. The van der Waals surface area contributed by atoms with Crippen molar-refractivity contribution in [3.05, 3.63) is 47.4 Å². The first-order valence-electron chi connectivity index (χ1n) is 8.85. The van der Waals surface area contributed by atoms with Gasteiger partial charge in [0.2, 0.25) is 5.79 Å². The third-order valence-electron chi connectivity index (χ3n) is 6.37. The highest BCUT2D eigenvalue weighted by atomic mass is 16.7. The number of esters is 1. The fourth-order valence-electron chi connectivity index (χ4n) is 5.09. The van der Waals surface area contributed by atoms with E-state index in [0.29, 0.717) is 11.5 Å². The van der Waals surface area contributed by atoms with Crippen LogP contribution in [0.3, 0.4) is 0 Å². The SMILES string of the molecule is CC[C@]12CCC3(C[C@H]1CCc1cc(C(=O)OC)ccc12)OC=CO3. The van der Waals surface area contributed by atoms with E-state index in [2.05, 4.69) is 13.0 Å². The molecule has 1 fully saturated rings. The van der Waals surface area contributed by atoms with Gasteiger partial charge in [0.1, 0.15) is 12.5 Å². The predicted molar refractivity (Wildman–Crippen MR) is 89.5 cm³/mol. The largest absolute Gasteiger partial charge is 0.465 e. The van der Waals surface area contributed by atoms with E-state index in [1.807, 2.05) is 12.1 Å². The van der Waals surface area contributed by atoms with Crippen molar-refractivity contribution >= 4 is 5.97 Å². The van der Waals surface area contributed by atoms with Crippen molar-refractivity contribution < 1.29 is 19.0 Å². The van der Waals surface area contributed by atoms with E-state index >= 15 is 0 Å². The van der Waals surface area contributed by atoms with Crippen LogP contribution < -0.4 is 0 Å². The summed E-state index contributed by atoms with van der Waals surface area (Å²) >= 11 is 0. The summed E-state index contributed by atoms with van der Waals surface area (Å²) in [5.41, 5.74) is 3.54. The first-order chi connectivity index (χ1) is 11.6. The number of fused-ring (bicyclic) bond motifs is 3. The molecule has 1 aliphatic heterocycles. The second-order valence-corrected chi connectivity index (χ2v) is 7.23. The molecule has 0 amide bonds. The molecule has 3 aliphatic rings. The molecule has 0 unspecified atom stereocenters. The summed E-state index contributed by atoms with van der Waals surface area (Å²) in [6, 6.07) is 6.10. The Balaban J connectivity index is 1.69. The number of ether oxygens (including phenoxy) is 3. The molecule has 0 bridgehead atoms. The molecule has 4 heteroatoms. The summed E-state index contributed by atoms with van der Waals surface area (Å²) in [7, 11) is 1.43. The fraction of sp³-hybridized carbons (Fsp3) is 0.550. The number of benzene rings is 1. The molecule has 1 spiro atoms. The molecule has 1 saturated carbocycles. The summed E-state index contributed by atoms with van der Waals surface area (Å²) in [5, 5.41) is 0. The minimum Gasteiger partial charge on any atom is -0.465 e. The number of methoxy groups -OCH3 is 1. The number of carbonyl (C=O) groups excluding carboxylic acids is 1. The van der Waals surface area contributed by atoms with Crippen molar-refractivity contribution in [3.63, 3.8) is 0 Å². The van der Waals surface area contributed by atoms with Gasteiger partial charge in [0.15, 0.2) is 0 Å². The number of aryl methyl sites for hydroxylation is 1. The van der Waals surface area contributed by atoms with E-state index in [0.717, 1.165) is 38.5 Å². The summed E-state index contributed by atoms with van der Waals surface area (Å²) in [6.45, 7) is 2.28. The molecule has 2 aliphatic carbocycles. The Labute approximate surface area is 142 Å². The maximum absolute atomic E-state index is 11.8. The fourth-order valence-corrected chi connectivity index (χ4v) is 5.09. The van der Waals surface area contributed by atoms with Crippen LogP contribution >= 0.6 is 0 Å². The van der Waals surface area contributed by atoms with Crippen molar-refractivity contribution in [3.8, 4) is 0 Å². The van der Waals surface area contributed by atoms with Crippen LogP contribution in [0, 0.1) is 5.92 Å². The van der Waals surface area contributed by atoms with Gasteiger partial charge in [-0.25, -0.2) is 4.79 Å². The summed E-state index contributed by atoms with van der Waals surface area (Å²) in [6.07, 6.45) is 9.47. The smallest absolute Gasteiger partial charge is 0.337 e. The van der Waals surface area contributed by atoms with Crippen LogP contribution in [-0.4, -0.2) is 18.9 Å². The van der Waals surface area contributed by atoms with E-state index in [4.69, 9.17) is 14.2 Å². The van der Waals surface area contributed by atoms with Crippen LogP contribution in [0.15, 0.2) is 30.7 Å². The van der Waals surface area contributed by atoms with Crippen molar-refractivity contribution in [2.75, 3.05) is 7.11 Å². The van der Waals surface area contributed by atoms with Crippen LogP contribution in [0.5, 0.6) is 0 Å². The molecule has 1 heterocycles. The average molecular weight is 328 g/mol. The van der Waals surface area contributed by atoms with Gasteiger partial charge in [-0.1, -0.05) is 13.0 Å². The topological polar surface area (TPSA) is 44.8 Å². The first-order valence-corrected chi connectivity index (χ1v) is 8.85. The Bertz CT molecular complexity index is 685. The second kappa shape index (κ2) is 5.54. The predicted octanol–water partition coefficient (Wildman–Crippen LogP) is 4.08. The zero-order valence-corrected chi connectivity index (χ0v) is 14.3. The zero-order chi connectivity index (χ0) is 16.8. The Kier molecular flexibility index (Phi) is 3.59. The highest BCUT2D eigenvalue weighted by Crippen LogP contribution is 2.56. The van der Waals surface area contributed by atoms with Gasteiger partial charge >= 0.3 is 5.97 Å². The molecule has 24 heavy (non-hydrogen) atoms. The van der Waals surface area contributed by atoms with E-state index in [1.165, 1.54) is 18.2 Å². The van der Waals surface area contributed by atoms with Crippen LogP contribution in [0.1, 0.15) is 60.5 Å². The molecule has 1 aromatic rings. The van der Waals surface area contributed by atoms with E-state index < -0.39 is 5.79 Å². The molecule has 0 saturated heterocycles. The van der Waals surface area contributed by atoms with Crippen molar-refractivity contribution in [1.29, 1.82) is 0 Å². The van der Waals surface area contributed by atoms with E-state index in [1.54, 1.807) is 12.5 Å². The number of hydrogen-bond donors (Lipinski definition) is 0. The molecule has 0 aromatic heterocycles. The molecule has 0 radical (unpaired) electrons. The lowest BCUT2D eigenvalue weighted by atomic mass is 9.55. The van der Waals surface area contributed by atoms with Crippen LogP contribution in [0.2, 0.25) is 0 Å². The summed E-state index contributed by atoms with van der Waals surface area (Å²) in [5.74, 6) is -0.146. The van der Waals surface area contributed by atoms with Gasteiger partial charge in [-0.05, 0) is 60.3 Å². The Hall–Kier alpha value is -1.97. The molecule has 1 aromatic carbocycles. The van der Waals surface area contributed by atoms with Gasteiger partial charge in [-0.2, -0.15) is 0 Å². The molecule has 4 nitrogen and oxygen atoms in total.